The van der Waals surface area contributed by atoms with Crippen molar-refractivity contribution in [2.75, 3.05) is 19.5 Å². The number of methoxy groups -OCH3 is 1. The monoisotopic (exact) mass is 201 g/mol. The third-order valence-corrected chi connectivity index (χ3v) is 2.54. The quantitative estimate of drug-likeness (QED) is 0.710. The number of rotatable bonds is 6. The van der Waals surface area contributed by atoms with Gasteiger partial charge in [0.25, 0.3) is 0 Å². The standard InChI is InChI=1S/C9H15NO2S/c1-11-4-5-13-7-9-3-2-8(6-10)12-9/h2-3H,4-7,10H2,1H3. The molecule has 3 nitrogen and oxygen atoms in total. The molecule has 0 radical (unpaired) electrons. The Balaban J connectivity index is 2.20. The summed E-state index contributed by atoms with van der Waals surface area (Å²) in [6.45, 7) is 1.26. The molecular weight excluding hydrogens is 186 g/mol. The van der Waals surface area contributed by atoms with E-state index < -0.39 is 0 Å². The van der Waals surface area contributed by atoms with E-state index in [2.05, 4.69) is 0 Å². The van der Waals surface area contributed by atoms with Gasteiger partial charge in [0.15, 0.2) is 0 Å². The van der Waals surface area contributed by atoms with Gasteiger partial charge in [-0.05, 0) is 12.1 Å². The predicted octanol–water partition coefficient (Wildman–Crippen LogP) is 1.62. The van der Waals surface area contributed by atoms with Crippen molar-refractivity contribution >= 4 is 11.8 Å². The average molecular weight is 201 g/mol. The molecule has 0 bridgehead atoms. The molecule has 1 rings (SSSR count). The lowest BCUT2D eigenvalue weighted by atomic mass is 10.4. The van der Waals surface area contributed by atoms with Crippen molar-refractivity contribution in [3.05, 3.63) is 23.7 Å². The molecule has 1 aromatic heterocycles. The zero-order valence-corrected chi connectivity index (χ0v) is 8.60. The molecule has 0 aliphatic rings. The molecule has 0 spiro atoms. The van der Waals surface area contributed by atoms with Crippen LogP contribution in [0.25, 0.3) is 0 Å². The van der Waals surface area contributed by atoms with E-state index >= 15 is 0 Å². The van der Waals surface area contributed by atoms with Crippen LogP contribution in [0.4, 0.5) is 0 Å². The first-order valence-corrected chi connectivity index (χ1v) is 5.36. The molecule has 0 fully saturated rings. The third-order valence-electron chi connectivity index (χ3n) is 1.59. The fourth-order valence-corrected chi connectivity index (χ4v) is 1.71. The first-order valence-electron chi connectivity index (χ1n) is 4.21. The van der Waals surface area contributed by atoms with Crippen LogP contribution in [0.1, 0.15) is 11.5 Å². The molecule has 0 aromatic carbocycles. The van der Waals surface area contributed by atoms with Crippen molar-refractivity contribution in [1.29, 1.82) is 0 Å². The van der Waals surface area contributed by atoms with Crippen molar-refractivity contribution in [2.24, 2.45) is 5.73 Å². The molecule has 0 unspecified atom stereocenters. The molecular formula is C9H15NO2S. The summed E-state index contributed by atoms with van der Waals surface area (Å²) in [7, 11) is 1.71. The van der Waals surface area contributed by atoms with Crippen LogP contribution in [-0.2, 0) is 17.0 Å². The number of hydrogen-bond donors (Lipinski definition) is 1. The van der Waals surface area contributed by atoms with Gasteiger partial charge in [-0.1, -0.05) is 0 Å². The van der Waals surface area contributed by atoms with Crippen molar-refractivity contribution in [2.45, 2.75) is 12.3 Å². The molecule has 0 aliphatic heterocycles. The summed E-state index contributed by atoms with van der Waals surface area (Å²) in [5.41, 5.74) is 5.42. The van der Waals surface area contributed by atoms with Crippen molar-refractivity contribution in [1.82, 2.24) is 0 Å². The summed E-state index contributed by atoms with van der Waals surface area (Å²) in [6, 6.07) is 3.90. The Hall–Kier alpha value is -0.450. The molecule has 0 saturated carbocycles. The van der Waals surface area contributed by atoms with Crippen LogP contribution >= 0.6 is 11.8 Å². The Morgan fingerprint density at radius 3 is 2.85 bits per heavy atom. The second kappa shape index (κ2) is 6.07. The van der Waals surface area contributed by atoms with Gasteiger partial charge < -0.3 is 14.9 Å². The Labute approximate surface area is 82.6 Å². The maximum atomic E-state index is 5.43. The largest absolute Gasteiger partial charge is 0.464 e. The fraction of sp³-hybridized carbons (Fsp3) is 0.556. The second-order valence-electron chi connectivity index (χ2n) is 2.62. The van der Waals surface area contributed by atoms with Gasteiger partial charge in [-0.25, -0.2) is 0 Å². The summed E-state index contributed by atoms with van der Waals surface area (Å²) >= 11 is 1.80. The van der Waals surface area contributed by atoms with Crippen LogP contribution in [-0.4, -0.2) is 19.5 Å². The number of hydrogen-bond acceptors (Lipinski definition) is 4. The minimum atomic E-state index is 0.475. The van der Waals surface area contributed by atoms with Gasteiger partial charge in [-0.3, -0.25) is 0 Å². The van der Waals surface area contributed by atoms with Crippen LogP contribution in [0.2, 0.25) is 0 Å². The number of nitrogens with two attached hydrogens (primary N) is 1. The van der Waals surface area contributed by atoms with Gasteiger partial charge in [-0.15, -0.1) is 0 Å². The highest BCUT2D eigenvalue weighted by Gasteiger charge is 1.99. The van der Waals surface area contributed by atoms with Gasteiger partial charge in [0, 0.05) is 12.9 Å². The lowest BCUT2D eigenvalue weighted by Crippen LogP contribution is -1.93. The van der Waals surface area contributed by atoms with E-state index in [1.165, 1.54) is 0 Å². The summed E-state index contributed by atoms with van der Waals surface area (Å²) in [5, 5.41) is 0. The van der Waals surface area contributed by atoms with Crippen molar-refractivity contribution in [3.63, 3.8) is 0 Å². The van der Waals surface area contributed by atoms with E-state index in [9.17, 15) is 0 Å². The molecule has 1 aromatic rings. The summed E-state index contributed by atoms with van der Waals surface area (Å²) in [6.07, 6.45) is 0. The van der Waals surface area contributed by atoms with Gasteiger partial charge in [-0.2, -0.15) is 11.8 Å². The predicted molar refractivity (Wildman–Crippen MR) is 54.6 cm³/mol. The zero-order valence-electron chi connectivity index (χ0n) is 7.79. The molecule has 0 atom stereocenters. The summed E-state index contributed by atoms with van der Waals surface area (Å²) < 4.78 is 10.4. The minimum absolute atomic E-state index is 0.475. The maximum absolute atomic E-state index is 5.43. The lowest BCUT2D eigenvalue weighted by molar-refractivity contribution is 0.218. The highest BCUT2D eigenvalue weighted by molar-refractivity contribution is 7.98. The number of furan rings is 1. The molecule has 13 heavy (non-hydrogen) atoms. The normalized spacial score (nSPS) is 10.6. The lowest BCUT2D eigenvalue weighted by Gasteiger charge is -1.97. The van der Waals surface area contributed by atoms with E-state index in [0.717, 1.165) is 29.6 Å². The van der Waals surface area contributed by atoms with Crippen LogP contribution in [0.15, 0.2) is 16.5 Å². The zero-order chi connectivity index (χ0) is 9.52. The van der Waals surface area contributed by atoms with E-state index in [1.807, 2.05) is 12.1 Å². The van der Waals surface area contributed by atoms with Crippen molar-refractivity contribution in [3.8, 4) is 0 Å². The molecule has 0 amide bonds. The molecule has 0 aliphatic carbocycles. The summed E-state index contributed by atoms with van der Waals surface area (Å²) in [5.74, 6) is 3.72. The molecule has 0 saturated heterocycles. The van der Waals surface area contributed by atoms with Crippen LogP contribution in [0.3, 0.4) is 0 Å². The van der Waals surface area contributed by atoms with Crippen LogP contribution in [0.5, 0.6) is 0 Å². The summed E-state index contributed by atoms with van der Waals surface area (Å²) in [4.78, 5) is 0. The van der Waals surface area contributed by atoms with E-state index in [-0.39, 0.29) is 0 Å². The maximum Gasteiger partial charge on any atom is 0.117 e. The number of ether oxygens (including phenoxy) is 1. The number of thioether (sulfide) groups is 1. The highest BCUT2D eigenvalue weighted by atomic mass is 32.2. The topological polar surface area (TPSA) is 48.4 Å². The van der Waals surface area contributed by atoms with Crippen LogP contribution < -0.4 is 5.73 Å². The van der Waals surface area contributed by atoms with Gasteiger partial charge in [0.1, 0.15) is 11.5 Å². The van der Waals surface area contributed by atoms with Gasteiger partial charge >= 0.3 is 0 Å². The van der Waals surface area contributed by atoms with Gasteiger partial charge in [0.2, 0.25) is 0 Å². The van der Waals surface area contributed by atoms with E-state index in [4.69, 9.17) is 14.9 Å². The van der Waals surface area contributed by atoms with Gasteiger partial charge in [0.05, 0.1) is 18.9 Å². The van der Waals surface area contributed by atoms with Crippen LogP contribution in [0, 0.1) is 0 Å². The molecule has 4 heteroatoms. The first kappa shape index (κ1) is 10.6. The van der Waals surface area contributed by atoms with E-state index in [1.54, 1.807) is 18.9 Å². The molecule has 1 heterocycles. The first-order chi connectivity index (χ1) is 6.36. The third kappa shape index (κ3) is 3.85. The SMILES string of the molecule is COCCSCc1ccc(CN)o1. The van der Waals surface area contributed by atoms with Crippen molar-refractivity contribution < 1.29 is 9.15 Å². The molecule has 74 valence electrons. The Kier molecular flexibility index (Phi) is 4.97. The average Bonchev–Trinajstić information content (AvgIpc) is 2.60. The highest BCUT2D eigenvalue weighted by Crippen LogP contribution is 2.14. The Morgan fingerprint density at radius 1 is 1.46 bits per heavy atom. The minimum Gasteiger partial charge on any atom is -0.464 e. The Morgan fingerprint density at radius 2 is 2.23 bits per heavy atom. The Bertz CT molecular complexity index is 237. The smallest absolute Gasteiger partial charge is 0.117 e. The second-order valence-corrected chi connectivity index (χ2v) is 3.72. The van der Waals surface area contributed by atoms with E-state index in [0.29, 0.717) is 6.54 Å². The fourth-order valence-electron chi connectivity index (χ4n) is 0.925. The molecule has 2 N–H and O–H groups in total.